The van der Waals surface area contributed by atoms with Crippen LogP contribution in [0.2, 0.25) is 0 Å². The van der Waals surface area contributed by atoms with Gasteiger partial charge < -0.3 is 10.1 Å². The fourth-order valence-corrected chi connectivity index (χ4v) is 3.12. The predicted molar refractivity (Wildman–Crippen MR) is 105 cm³/mol. The normalized spacial score (nSPS) is 10.5. The molecule has 0 unspecified atom stereocenters. The highest BCUT2D eigenvalue weighted by atomic mass is 32.2. The number of carbonyl (C=O) groups is 1. The molecule has 25 heavy (non-hydrogen) atoms. The summed E-state index contributed by atoms with van der Waals surface area (Å²) in [6.07, 6.45) is 1.85. The number of thioether (sulfide) groups is 1. The highest BCUT2D eigenvalue weighted by Crippen LogP contribution is 2.26. The van der Waals surface area contributed by atoms with Gasteiger partial charge in [-0.3, -0.25) is 9.69 Å². The number of methoxy groups -OCH3 is 1. The van der Waals surface area contributed by atoms with Gasteiger partial charge in [-0.1, -0.05) is 30.3 Å². The average Bonchev–Trinajstić information content (AvgIpc) is 2.61. The van der Waals surface area contributed by atoms with Crippen LogP contribution in [0.15, 0.2) is 66.1 Å². The third-order valence-corrected chi connectivity index (χ3v) is 4.61. The third kappa shape index (κ3) is 6.29. The second-order valence-electron chi connectivity index (χ2n) is 5.66. The highest BCUT2D eigenvalue weighted by Gasteiger charge is 2.10. The molecule has 0 heterocycles. The number of para-hydroxylation sites is 1. The maximum atomic E-state index is 12.3. The summed E-state index contributed by atoms with van der Waals surface area (Å²) in [4.78, 5) is 15.4. The number of nitrogens with one attached hydrogen (secondary N) is 1. The fourth-order valence-electron chi connectivity index (χ4n) is 2.38. The molecule has 2 aromatic rings. The summed E-state index contributed by atoms with van der Waals surface area (Å²) in [5, 5.41) is 3.00. The van der Waals surface area contributed by atoms with Gasteiger partial charge >= 0.3 is 0 Å². The molecule has 0 aromatic heterocycles. The van der Waals surface area contributed by atoms with E-state index in [0.29, 0.717) is 13.1 Å². The summed E-state index contributed by atoms with van der Waals surface area (Å²) in [6, 6.07) is 15.7. The van der Waals surface area contributed by atoms with Crippen molar-refractivity contribution in [2.75, 3.05) is 31.8 Å². The molecule has 2 rings (SSSR count). The van der Waals surface area contributed by atoms with Gasteiger partial charge in [0.05, 0.1) is 19.3 Å². The Hall–Kier alpha value is -2.24. The number of benzene rings is 2. The predicted octanol–water partition coefficient (Wildman–Crippen LogP) is 4.04. The Morgan fingerprint density at radius 2 is 1.96 bits per heavy atom. The van der Waals surface area contributed by atoms with Crippen LogP contribution in [0.25, 0.3) is 0 Å². The number of amides is 1. The van der Waals surface area contributed by atoms with Crippen molar-refractivity contribution in [2.24, 2.45) is 0 Å². The first-order valence-electron chi connectivity index (χ1n) is 8.06. The minimum Gasteiger partial charge on any atom is -0.497 e. The van der Waals surface area contributed by atoms with Gasteiger partial charge in [0.2, 0.25) is 5.91 Å². The average molecular weight is 356 g/mol. The van der Waals surface area contributed by atoms with Gasteiger partial charge in [0.25, 0.3) is 0 Å². The number of nitrogens with zero attached hydrogens (tertiary/aromatic N) is 1. The first-order valence-corrected chi connectivity index (χ1v) is 9.05. The van der Waals surface area contributed by atoms with Gasteiger partial charge in [-0.25, -0.2) is 0 Å². The Kier molecular flexibility index (Phi) is 7.57. The first-order chi connectivity index (χ1) is 12.1. The van der Waals surface area contributed by atoms with Crippen molar-refractivity contribution in [3.8, 4) is 5.75 Å². The maximum absolute atomic E-state index is 12.3. The van der Waals surface area contributed by atoms with E-state index in [0.717, 1.165) is 27.6 Å². The zero-order valence-corrected chi connectivity index (χ0v) is 15.5. The third-order valence-electron chi connectivity index (χ3n) is 3.54. The summed E-state index contributed by atoms with van der Waals surface area (Å²) < 4.78 is 5.16. The second kappa shape index (κ2) is 9.91. The summed E-state index contributed by atoms with van der Waals surface area (Å²) in [5.41, 5.74) is 1.98. The number of hydrogen-bond acceptors (Lipinski definition) is 4. The van der Waals surface area contributed by atoms with E-state index in [1.807, 2.05) is 66.6 Å². The SMILES string of the molecule is C=CCSc1ccccc1NC(=O)CN(C)Cc1ccc(OC)cc1. The molecule has 0 bridgehead atoms. The number of hydrogen-bond donors (Lipinski definition) is 1. The molecule has 0 aliphatic carbocycles. The lowest BCUT2D eigenvalue weighted by molar-refractivity contribution is -0.117. The van der Waals surface area contributed by atoms with Crippen LogP contribution in [0.3, 0.4) is 0 Å². The maximum Gasteiger partial charge on any atom is 0.238 e. The van der Waals surface area contributed by atoms with Crippen LogP contribution in [0.4, 0.5) is 5.69 Å². The quantitative estimate of drug-likeness (QED) is 0.544. The molecular weight excluding hydrogens is 332 g/mol. The van der Waals surface area contributed by atoms with Crippen LogP contribution in [0.5, 0.6) is 5.75 Å². The first kappa shape index (κ1) is 19.1. The molecule has 0 spiro atoms. The number of rotatable bonds is 9. The molecule has 1 amide bonds. The molecule has 4 nitrogen and oxygen atoms in total. The van der Waals surface area contributed by atoms with E-state index in [2.05, 4.69) is 11.9 Å². The Morgan fingerprint density at radius 3 is 2.64 bits per heavy atom. The Balaban J connectivity index is 1.89. The van der Waals surface area contributed by atoms with Crippen molar-refractivity contribution < 1.29 is 9.53 Å². The van der Waals surface area contributed by atoms with Crippen molar-refractivity contribution in [2.45, 2.75) is 11.4 Å². The molecule has 0 radical (unpaired) electrons. The lowest BCUT2D eigenvalue weighted by Gasteiger charge is -2.17. The summed E-state index contributed by atoms with van der Waals surface area (Å²) in [5.74, 6) is 1.62. The van der Waals surface area contributed by atoms with Gasteiger partial charge in [-0.15, -0.1) is 18.3 Å². The smallest absolute Gasteiger partial charge is 0.238 e. The number of carbonyl (C=O) groups excluding carboxylic acids is 1. The van der Waals surface area contributed by atoms with Gasteiger partial charge in [0, 0.05) is 17.2 Å². The largest absolute Gasteiger partial charge is 0.497 e. The molecule has 0 fully saturated rings. The molecule has 132 valence electrons. The molecule has 1 N–H and O–H groups in total. The number of ether oxygens (including phenoxy) is 1. The van der Waals surface area contributed by atoms with Crippen LogP contribution in [-0.2, 0) is 11.3 Å². The monoisotopic (exact) mass is 356 g/mol. The molecular formula is C20H24N2O2S. The standard InChI is InChI=1S/C20H24N2O2S/c1-4-13-25-19-8-6-5-7-18(19)21-20(23)15-22(2)14-16-9-11-17(24-3)12-10-16/h4-12H,1,13-15H2,2-3H3,(H,21,23). The zero-order chi connectivity index (χ0) is 18.1. The lowest BCUT2D eigenvalue weighted by atomic mass is 10.2. The van der Waals surface area contributed by atoms with E-state index < -0.39 is 0 Å². The zero-order valence-electron chi connectivity index (χ0n) is 14.7. The highest BCUT2D eigenvalue weighted by molar-refractivity contribution is 7.99. The van der Waals surface area contributed by atoms with Gasteiger partial charge in [0.1, 0.15) is 5.75 Å². The van der Waals surface area contributed by atoms with Crippen LogP contribution in [0.1, 0.15) is 5.56 Å². The summed E-state index contributed by atoms with van der Waals surface area (Å²) >= 11 is 1.66. The van der Waals surface area contributed by atoms with Crippen LogP contribution < -0.4 is 10.1 Å². The molecule has 0 atom stereocenters. The van der Waals surface area contributed by atoms with Gasteiger partial charge in [-0.05, 0) is 36.9 Å². The molecule has 2 aromatic carbocycles. The molecule has 0 aliphatic rings. The van der Waals surface area contributed by atoms with Crippen molar-refractivity contribution in [1.29, 1.82) is 0 Å². The Labute approximate surface area is 153 Å². The molecule has 0 aliphatic heterocycles. The summed E-state index contributed by atoms with van der Waals surface area (Å²) in [6.45, 7) is 4.76. The van der Waals surface area contributed by atoms with Crippen molar-refractivity contribution in [3.05, 3.63) is 66.7 Å². The molecule has 5 heteroatoms. The van der Waals surface area contributed by atoms with E-state index in [1.54, 1.807) is 18.9 Å². The molecule has 0 saturated heterocycles. The van der Waals surface area contributed by atoms with Crippen LogP contribution >= 0.6 is 11.8 Å². The minimum absolute atomic E-state index is 0.0253. The Bertz CT molecular complexity index is 701. The van der Waals surface area contributed by atoms with Crippen LogP contribution in [0, 0.1) is 0 Å². The summed E-state index contributed by atoms with van der Waals surface area (Å²) in [7, 11) is 3.58. The van der Waals surface area contributed by atoms with Crippen molar-refractivity contribution in [1.82, 2.24) is 4.90 Å². The Morgan fingerprint density at radius 1 is 1.24 bits per heavy atom. The van der Waals surface area contributed by atoms with E-state index in [-0.39, 0.29) is 5.91 Å². The topological polar surface area (TPSA) is 41.6 Å². The van der Waals surface area contributed by atoms with Gasteiger partial charge in [0.15, 0.2) is 0 Å². The van der Waals surface area contributed by atoms with Crippen LogP contribution in [-0.4, -0.2) is 37.3 Å². The van der Waals surface area contributed by atoms with Gasteiger partial charge in [-0.2, -0.15) is 0 Å². The van der Waals surface area contributed by atoms with E-state index in [9.17, 15) is 4.79 Å². The van der Waals surface area contributed by atoms with E-state index >= 15 is 0 Å². The number of anilines is 1. The fraction of sp³-hybridized carbons (Fsp3) is 0.250. The van der Waals surface area contributed by atoms with E-state index in [4.69, 9.17) is 4.74 Å². The second-order valence-corrected chi connectivity index (χ2v) is 6.73. The van der Waals surface area contributed by atoms with E-state index in [1.165, 1.54) is 0 Å². The van der Waals surface area contributed by atoms with Crippen molar-refractivity contribution >= 4 is 23.4 Å². The minimum atomic E-state index is -0.0253. The molecule has 0 saturated carbocycles. The lowest BCUT2D eigenvalue weighted by Crippen LogP contribution is -2.30. The number of likely N-dealkylation sites (N-methyl/N-ethyl adjacent to an activating group) is 1. The van der Waals surface area contributed by atoms with Crippen molar-refractivity contribution in [3.63, 3.8) is 0 Å².